The van der Waals surface area contributed by atoms with Gasteiger partial charge in [-0.2, -0.15) is 4.68 Å². The first kappa shape index (κ1) is 39.6. The Bertz CT molecular complexity index is 1560. The second kappa shape index (κ2) is 23.3. The van der Waals surface area contributed by atoms with Crippen molar-refractivity contribution in [3.63, 3.8) is 0 Å². The van der Waals surface area contributed by atoms with Crippen molar-refractivity contribution in [2.45, 2.75) is 120 Å². The third-order valence-corrected chi connectivity index (χ3v) is 10.0. The molecular weight excluding hydrogens is 659 g/mol. The molecule has 0 aliphatic rings. The van der Waals surface area contributed by atoms with Gasteiger partial charge in [-0.3, -0.25) is 9.59 Å². The number of nitrogens with one attached hydrogen (secondary N) is 1. The zero-order chi connectivity index (χ0) is 35.9. The number of aromatic nitrogens is 4. The summed E-state index contributed by atoms with van der Waals surface area (Å²) in [5.74, 6) is 0.297. The third-order valence-electron chi connectivity index (χ3n) is 8.91. The van der Waals surface area contributed by atoms with Crippen LogP contribution in [0.1, 0.15) is 120 Å². The smallest absolute Gasteiger partial charge is 0.246 e. The van der Waals surface area contributed by atoms with Gasteiger partial charge in [0, 0.05) is 5.56 Å². The number of para-hydroxylation sites is 3. The van der Waals surface area contributed by atoms with E-state index in [4.69, 9.17) is 9.47 Å². The molecule has 0 aliphatic heterocycles. The SMILES string of the molecule is CCCCCCCCCCCCCCCCCCOc1ccc(C(=O)C(Sc2nnnn2-c2ccccc2)C(=O)Nc2ccccc2OC)cc1. The fourth-order valence-electron chi connectivity index (χ4n) is 5.97. The molecule has 1 atom stereocenters. The van der Waals surface area contributed by atoms with Crippen molar-refractivity contribution in [1.82, 2.24) is 20.2 Å². The lowest BCUT2D eigenvalue weighted by Crippen LogP contribution is -2.33. The maximum absolute atomic E-state index is 13.9. The van der Waals surface area contributed by atoms with Crippen molar-refractivity contribution in [3.8, 4) is 17.2 Å². The molecule has 1 N–H and O–H groups in total. The van der Waals surface area contributed by atoms with E-state index in [0.29, 0.717) is 40.2 Å². The van der Waals surface area contributed by atoms with Crippen LogP contribution in [0, 0.1) is 0 Å². The van der Waals surface area contributed by atoms with Gasteiger partial charge in [0.15, 0.2) is 11.0 Å². The van der Waals surface area contributed by atoms with Crippen molar-refractivity contribution in [3.05, 3.63) is 84.4 Å². The fourth-order valence-corrected chi connectivity index (χ4v) is 6.91. The number of benzene rings is 3. The highest BCUT2D eigenvalue weighted by atomic mass is 32.2. The molecular formula is C41H55N5O4S. The topological polar surface area (TPSA) is 108 Å². The van der Waals surface area contributed by atoms with E-state index < -0.39 is 11.2 Å². The van der Waals surface area contributed by atoms with Gasteiger partial charge in [0.1, 0.15) is 11.5 Å². The number of anilines is 1. The van der Waals surface area contributed by atoms with Gasteiger partial charge in [0.2, 0.25) is 11.1 Å². The molecule has 0 fully saturated rings. The summed E-state index contributed by atoms with van der Waals surface area (Å²) >= 11 is 0.992. The second-order valence-electron chi connectivity index (χ2n) is 12.9. The summed E-state index contributed by atoms with van der Waals surface area (Å²) in [6.45, 7) is 2.91. The quantitative estimate of drug-likeness (QED) is 0.0296. The number of methoxy groups -OCH3 is 1. The highest BCUT2D eigenvalue weighted by Crippen LogP contribution is 2.30. The molecule has 9 nitrogen and oxygen atoms in total. The maximum atomic E-state index is 13.9. The van der Waals surface area contributed by atoms with E-state index in [9.17, 15) is 9.59 Å². The lowest BCUT2D eigenvalue weighted by molar-refractivity contribution is -0.115. The van der Waals surface area contributed by atoms with Crippen molar-refractivity contribution in [2.75, 3.05) is 19.0 Å². The number of Topliss-reactive ketones (excluding diaryl/α,β-unsaturated/α-hetero) is 1. The monoisotopic (exact) mass is 713 g/mol. The molecule has 0 spiro atoms. The summed E-state index contributed by atoms with van der Waals surface area (Å²) in [6, 6.07) is 23.4. The van der Waals surface area contributed by atoms with Gasteiger partial charge in [-0.15, -0.1) is 5.10 Å². The number of ketones is 1. The Labute approximate surface area is 308 Å². The molecule has 1 heterocycles. The molecule has 51 heavy (non-hydrogen) atoms. The van der Waals surface area contributed by atoms with Crippen LogP contribution in [-0.2, 0) is 4.79 Å². The minimum Gasteiger partial charge on any atom is -0.495 e. The van der Waals surface area contributed by atoms with Gasteiger partial charge in [0.25, 0.3) is 0 Å². The Kier molecular flexibility index (Phi) is 18.1. The van der Waals surface area contributed by atoms with Gasteiger partial charge in [-0.1, -0.05) is 145 Å². The van der Waals surface area contributed by atoms with E-state index in [-0.39, 0.29) is 5.78 Å². The lowest BCUT2D eigenvalue weighted by atomic mass is 10.0. The van der Waals surface area contributed by atoms with Crippen LogP contribution in [0.5, 0.6) is 11.5 Å². The number of carbonyl (C=O) groups excluding carboxylic acids is 2. The summed E-state index contributed by atoms with van der Waals surface area (Å²) in [5.41, 5.74) is 1.56. The van der Waals surface area contributed by atoms with E-state index in [2.05, 4.69) is 27.8 Å². The van der Waals surface area contributed by atoms with Gasteiger partial charge in [-0.25, -0.2) is 0 Å². The summed E-state index contributed by atoms with van der Waals surface area (Å²) in [5, 5.41) is 14.0. The van der Waals surface area contributed by atoms with Crippen LogP contribution >= 0.6 is 11.8 Å². The van der Waals surface area contributed by atoms with Crippen LogP contribution in [0.3, 0.4) is 0 Å². The fraction of sp³-hybridized carbons (Fsp3) is 0.488. The number of ether oxygens (including phenoxy) is 2. The Morgan fingerprint density at radius 1 is 0.725 bits per heavy atom. The molecule has 0 saturated carbocycles. The number of hydrogen-bond acceptors (Lipinski definition) is 8. The molecule has 274 valence electrons. The molecule has 1 aromatic heterocycles. The molecule has 0 bridgehead atoms. The normalized spacial score (nSPS) is 11.6. The third kappa shape index (κ3) is 13.8. The molecule has 3 aromatic carbocycles. The number of rotatable bonds is 26. The number of nitrogens with zero attached hydrogens (tertiary/aromatic N) is 4. The van der Waals surface area contributed by atoms with Crippen molar-refractivity contribution in [2.24, 2.45) is 0 Å². The van der Waals surface area contributed by atoms with Crippen molar-refractivity contribution in [1.29, 1.82) is 0 Å². The summed E-state index contributed by atoms with van der Waals surface area (Å²) in [6.07, 6.45) is 21.3. The first-order valence-corrected chi connectivity index (χ1v) is 19.7. The maximum Gasteiger partial charge on any atom is 0.246 e. The number of unbranched alkanes of at least 4 members (excludes halogenated alkanes) is 15. The van der Waals surface area contributed by atoms with E-state index in [1.807, 2.05) is 36.4 Å². The minimum atomic E-state index is -1.18. The first-order valence-electron chi connectivity index (χ1n) is 18.8. The van der Waals surface area contributed by atoms with E-state index in [1.54, 1.807) is 42.5 Å². The molecule has 0 radical (unpaired) electrons. The lowest BCUT2D eigenvalue weighted by Gasteiger charge is -2.17. The van der Waals surface area contributed by atoms with Crippen molar-refractivity contribution < 1.29 is 19.1 Å². The number of thioether (sulfide) groups is 1. The predicted molar refractivity (Wildman–Crippen MR) is 206 cm³/mol. The van der Waals surface area contributed by atoms with E-state index in [0.717, 1.165) is 24.6 Å². The standard InChI is InChI=1S/C41H55N5O4S/c1-3-4-5-6-7-8-9-10-11-12-13-14-15-16-17-23-32-50-35-30-28-33(29-31-35)38(47)39(40(48)42-36-26-21-22-27-37(36)49-2)51-41-43-44-45-46(41)34-24-19-18-20-25-34/h18-22,24-31,39H,3-17,23,32H2,1-2H3,(H,42,48). The summed E-state index contributed by atoms with van der Waals surface area (Å²) < 4.78 is 12.9. The summed E-state index contributed by atoms with van der Waals surface area (Å²) in [4.78, 5) is 27.6. The van der Waals surface area contributed by atoms with Crippen LogP contribution in [0.4, 0.5) is 5.69 Å². The number of carbonyl (C=O) groups is 2. The summed E-state index contributed by atoms with van der Waals surface area (Å²) in [7, 11) is 1.53. The largest absolute Gasteiger partial charge is 0.495 e. The molecule has 1 unspecified atom stereocenters. The first-order chi connectivity index (χ1) is 25.1. The van der Waals surface area contributed by atoms with Crippen LogP contribution in [0.2, 0.25) is 0 Å². The van der Waals surface area contributed by atoms with Crippen LogP contribution in [-0.4, -0.2) is 50.9 Å². The average Bonchev–Trinajstić information content (AvgIpc) is 3.64. The Morgan fingerprint density at radius 3 is 1.90 bits per heavy atom. The molecule has 4 aromatic rings. The van der Waals surface area contributed by atoms with Gasteiger partial charge in [0.05, 0.1) is 25.1 Å². The Hall–Kier alpha value is -4.18. The van der Waals surface area contributed by atoms with E-state index >= 15 is 0 Å². The Morgan fingerprint density at radius 2 is 1.29 bits per heavy atom. The number of amides is 1. The van der Waals surface area contributed by atoms with Gasteiger partial charge < -0.3 is 14.8 Å². The molecule has 0 aliphatic carbocycles. The van der Waals surface area contributed by atoms with Crippen molar-refractivity contribution >= 4 is 29.1 Å². The molecule has 1 amide bonds. The average molecular weight is 714 g/mol. The van der Waals surface area contributed by atoms with Gasteiger partial charge in [-0.05, 0) is 65.4 Å². The van der Waals surface area contributed by atoms with Crippen LogP contribution in [0.15, 0.2) is 84.0 Å². The van der Waals surface area contributed by atoms with Gasteiger partial charge >= 0.3 is 0 Å². The number of hydrogen-bond donors (Lipinski definition) is 1. The molecule has 0 saturated heterocycles. The zero-order valence-electron chi connectivity index (χ0n) is 30.4. The Balaban J connectivity index is 1.21. The molecule has 10 heteroatoms. The zero-order valence-corrected chi connectivity index (χ0v) is 31.3. The number of tetrazole rings is 1. The molecule has 4 rings (SSSR count). The second-order valence-corrected chi connectivity index (χ2v) is 14.0. The predicted octanol–water partition coefficient (Wildman–Crippen LogP) is 10.3. The van der Waals surface area contributed by atoms with Crippen LogP contribution in [0.25, 0.3) is 5.69 Å². The minimum absolute atomic E-state index is 0.313. The highest BCUT2D eigenvalue weighted by Gasteiger charge is 2.32. The van der Waals surface area contributed by atoms with E-state index in [1.165, 1.54) is 102 Å². The van der Waals surface area contributed by atoms with Crippen LogP contribution < -0.4 is 14.8 Å². The highest BCUT2D eigenvalue weighted by molar-refractivity contribution is 8.01.